The van der Waals surface area contributed by atoms with Crippen molar-refractivity contribution < 1.29 is 14.3 Å². The lowest BCUT2D eigenvalue weighted by Crippen LogP contribution is -2.17. The number of amides is 1. The van der Waals surface area contributed by atoms with Crippen LogP contribution in [-0.2, 0) is 4.74 Å². The van der Waals surface area contributed by atoms with Gasteiger partial charge in [-0.25, -0.2) is 4.98 Å². The number of benzene rings is 1. The summed E-state index contributed by atoms with van der Waals surface area (Å²) in [5, 5.41) is 12.2. The van der Waals surface area contributed by atoms with Gasteiger partial charge in [-0.15, -0.1) is 0 Å². The minimum atomic E-state index is -0.378. The van der Waals surface area contributed by atoms with Crippen molar-refractivity contribution in [1.82, 2.24) is 4.98 Å². The number of nitrogens with one attached hydrogen (secondary N) is 1. The quantitative estimate of drug-likeness (QED) is 0.886. The van der Waals surface area contributed by atoms with Crippen LogP contribution in [0.5, 0.6) is 5.88 Å². The van der Waals surface area contributed by atoms with Gasteiger partial charge in [0.25, 0.3) is 5.91 Å². The third-order valence-electron chi connectivity index (χ3n) is 3.79. The highest BCUT2D eigenvalue weighted by Gasteiger charge is 2.16. The number of carbonyl (C=O) groups is 1. The Hall–Kier alpha value is -2.62. The molecule has 0 radical (unpaired) electrons. The predicted octanol–water partition coefficient (Wildman–Crippen LogP) is 3.42. The molecule has 128 valence electrons. The van der Waals surface area contributed by atoms with Crippen molar-refractivity contribution in [2.45, 2.75) is 18.9 Å². The van der Waals surface area contributed by atoms with Crippen LogP contribution in [0.25, 0.3) is 0 Å². The highest BCUT2D eigenvalue weighted by molar-refractivity contribution is 6.31. The van der Waals surface area contributed by atoms with Crippen molar-refractivity contribution in [2.24, 2.45) is 0 Å². The fourth-order valence-electron chi connectivity index (χ4n) is 2.47. The number of hydrogen-bond acceptors (Lipinski definition) is 5. The minimum Gasteiger partial charge on any atom is -0.475 e. The van der Waals surface area contributed by atoms with Gasteiger partial charge in [-0.1, -0.05) is 11.6 Å². The number of hydrogen-bond donors (Lipinski definition) is 1. The molecule has 7 heteroatoms. The van der Waals surface area contributed by atoms with E-state index in [0.717, 1.165) is 19.4 Å². The summed E-state index contributed by atoms with van der Waals surface area (Å²) in [5.74, 6) is 0.0597. The summed E-state index contributed by atoms with van der Waals surface area (Å²) in [4.78, 5) is 16.4. The molecule has 0 saturated carbocycles. The van der Waals surface area contributed by atoms with E-state index < -0.39 is 0 Å². The van der Waals surface area contributed by atoms with Gasteiger partial charge in [-0.3, -0.25) is 4.79 Å². The molecule has 0 unspecified atom stereocenters. The van der Waals surface area contributed by atoms with Crippen molar-refractivity contribution in [3.8, 4) is 11.9 Å². The average molecular weight is 358 g/mol. The Bertz CT molecular complexity index is 796. The van der Waals surface area contributed by atoms with Crippen LogP contribution in [0.3, 0.4) is 0 Å². The number of aromatic nitrogens is 1. The first-order valence-electron chi connectivity index (χ1n) is 7.87. The minimum absolute atomic E-state index is 0.108. The molecule has 3 rings (SSSR count). The molecule has 2 heterocycles. The van der Waals surface area contributed by atoms with Gasteiger partial charge in [-0.2, -0.15) is 5.26 Å². The molecular formula is C18H16ClN3O3. The van der Waals surface area contributed by atoms with E-state index in [0.29, 0.717) is 34.3 Å². The first-order valence-corrected chi connectivity index (χ1v) is 8.25. The summed E-state index contributed by atoms with van der Waals surface area (Å²) in [6.45, 7) is 1.22. The Morgan fingerprint density at radius 2 is 2.32 bits per heavy atom. The van der Waals surface area contributed by atoms with Crippen LogP contribution < -0.4 is 10.1 Å². The van der Waals surface area contributed by atoms with E-state index in [1.807, 2.05) is 6.07 Å². The van der Waals surface area contributed by atoms with Gasteiger partial charge in [0.05, 0.1) is 22.9 Å². The van der Waals surface area contributed by atoms with Crippen molar-refractivity contribution >= 4 is 23.2 Å². The first kappa shape index (κ1) is 17.2. The molecule has 1 amide bonds. The molecule has 25 heavy (non-hydrogen) atoms. The molecule has 1 aromatic heterocycles. The van der Waals surface area contributed by atoms with Crippen LogP contribution in [0.4, 0.5) is 5.69 Å². The van der Waals surface area contributed by atoms with Gasteiger partial charge in [0.2, 0.25) is 5.88 Å². The van der Waals surface area contributed by atoms with E-state index in [2.05, 4.69) is 10.3 Å². The number of pyridine rings is 1. The maximum atomic E-state index is 12.3. The molecule has 0 bridgehead atoms. The molecule has 1 N–H and O–H groups in total. The number of carbonyl (C=O) groups excluding carboxylic acids is 1. The maximum Gasteiger partial charge on any atom is 0.257 e. The lowest BCUT2D eigenvalue weighted by atomic mass is 10.2. The van der Waals surface area contributed by atoms with E-state index in [1.165, 1.54) is 12.3 Å². The van der Waals surface area contributed by atoms with Gasteiger partial charge in [-0.05, 0) is 37.1 Å². The normalized spacial score (nSPS) is 16.2. The van der Waals surface area contributed by atoms with E-state index in [1.54, 1.807) is 24.3 Å². The largest absolute Gasteiger partial charge is 0.475 e. The van der Waals surface area contributed by atoms with Crippen LogP contribution in [-0.4, -0.2) is 30.2 Å². The Balaban J connectivity index is 1.62. The van der Waals surface area contributed by atoms with E-state index >= 15 is 0 Å². The van der Waals surface area contributed by atoms with E-state index in [9.17, 15) is 4.79 Å². The summed E-state index contributed by atoms with van der Waals surface area (Å²) < 4.78 is 11.0. The molecule has 0 aliphatic carbocycles. The molecular weight excluding hydrogens is 342 g/mol. The Morgan fingerprint density at radius 3 is 3.00 bits per heavy atom. The summed E-state index contributed by atoms with van der Waals surface area (Å²) in [5.41, 5.74) is 1.05. The third kappa shape index (κ3) is 4.47. The van der Waals surface area contributed by atoms with Gasteiger partial charge in [0.15, 0.2) is 0 Å². The molecule has 1 aliphatic rings. The summed E-state index contributed by atoms with van der Waals surface area (Å²) in [6.07, 6.45) is 3.57. The number of nitriles is 1. The third-order valence-corrected chi connectivity index (χ3v) is 4.02. The molecule has 1 aliphatic heterocycles. The monoisotopic (exact) mass is 357 g/mol. The van der Waals surface area contributed by atoms with Gasteiger partial charge >= 0.3 is 0 Å². The number of rotatable bonds is 5. The zero-order valence-electron chi connectivity index (χ0n) is 13.4. The fraction of sp³-hybridized carbons (Fsp3) is 0.278. The molecule has 2 aromatic rings. The number of halogens is 1. The van der Waals surface area contributed by atoms with Crippen molar-refractivity contribution in [3.63, 3.8) is 0 Å². The predicted molar refractivity (Wildman–Crippen MR) is 92.8 cm³/mol. The molecule has 1 aromatic carbocycles. The van der Waals surface area contributed by atoms with Crippen molar-refractivity contribution in [1.29, 1.82) is 5.26 Å². The zero-order valence-corrected chi connectivity index (χ0v) is 14.1. The lowest BCUT2D eigenvalue weighted by molar-refractivity contribution is 0.0663. The number of anilines is 1. The smallest absolute Gasteiger partial charge is 0.257 e. The van der Waals surface area contributed by atoms with Gasteiger partial charge in [0.1, 0.15) is 12.7 Å². The number of nitrogens with zero attached hydrogens (tertiary/aromatic N) is 2. The first-order chi connectivity index (χ1) is 12.2. The summed E-state index contributed by atoms with van der Waals surface area (Å²) in [6, 6.07) is 9.94. The average Bonchev–Trinajstić information content (AvgIpc) is 3.14. The van der Waals surface area contributed by atoms with Gasteiger partial charge in [0, 0.05) is 23.9 Å². The SMILES string of the molecule is N#Cc1ccc(Cl)cc1NC(=O)c1ccc(OC[C@H]2CCCO2)nc1. The Morgan fingerprint density at radius 1 is 1.44 bits per heavy atom. The van der Waals surface area contributed by atoms with E-state index in [4.69, 9.17) is 26.3 Å². The Labute approximate surface area is 150 Å². The van der Waals surface area contributed by atoms with Crippen LogP contribution in [0.2, 0.25) is 5.02 Å². The number of ether oxygens (including phenoxy) is 2. The summed E-state index contributed by atoms with van der Waals surface area (Å²) in [7, 11) is 0. The highest BCUT2D eigenvalue weighted by atomic mass is 35.5. The van der Waals surface area contributed by atoms with Crippen molar-refractivity contribution in [3.05, 3.63) is 52.7 Å². The van der Waals surface area contributed by atoms with Crippen LogP contribution in [0.15, 0.2) is 36.5 Å². The van der Waals surface area contributed by atoms with Crippen LogP contribution in [0, 0.1) is 11.3 Å². The molecule has 6 nitrogen and oxygen atoms in total. The van der Waals surface area contributed by atoms with Gasteiger partial charge < -0.3 is 14.8 Å². The van der Waals surface area contributed by atoms with Crippen LogP contribution in [0.1, 0.15) is 28.8 Å². The van der Waals surface area contributed by atoms with E-state index in [-0.39, 0.29) is 12.0 Å². The topological polar surface area (TPSA) is 84.2 Å². The Kier molecular flexibility index (Phi) is 5.49. The second-order valence-corrected chi connectivity index (χ2v) is 6.02. The highest BCUT2D eigenvalue weighted by Crippen LogP contribution is 2.21. The molecule has 1 fully saturated rings. The second kappa shape index (κ2) is 7.97. The standard InChI is InChI=1S/C18H16ClN3O3/c19-14-5-3-12(9-20)16(8-14)22-18(23)13-4-6-17(21-10-13)25-11-15-2-1-7-24-15/h3-6,8,10,15H,1-2,7,11H2,(H,22,23)/t15-/m1/s1. The molecule has 1 atom stereocenters. The maximum absolute atomic E-state index is 12.3. The van der Waals surface area contributed by atoms with Crippen molar-refractivity contribution in [2.75, 3.05) is 18.5 Å². The molecule has 1 saturated heterocycles. The zero-order chi connectivity index (χ0) is 17.6. The second-order valence-electron chi connectivity index (χ2n) is 5.59. The van der Waals surface area contributed by atoms with Crippen LogP contribution >= 0.6 is 11.6 Å². The fourth-order valence-corrected chi connectivity index (χ4v) is 2.64. The summed E-state index contributed by atoms with van der Waals surface area (Å²) >= 11 is 5.91. The molecule has 0 spiro atoms. The lowest BCUT2D eigenvalue weighted by Gasteiger charge is -2.11.